The highest BCUT2D eigenvalue weighted by Gasteiger charge is 2.33. The van der Waals surface area contributed by atoms with Crippen LogP contribution in [0.1, 0.15) is 40.2 Å². The zero-order valence-electron chi connectivity index (χ0n) is 19.7. The Kier molecular flexibility index (Phi) is 8.99. The Morgan fingerprint density at radius 1 is 1.09 bits per heavy atom. The summed E-state index contributed by atoms with van der Waals surface area (Å²) in [6, 6.07) is 12.5. The van der Waals surface area contributed by atoms with Crippen LogP contribution in [0.15, 0.2) is 59.5 Å². The maximum Gasteiger partial charge on any atom is 0.407 e. The molecule has 0 fully saturated rings. The Morgan fingerprint density at radius 3 is 2.18 bits per heavy atom. The molecule has 182 valence electrons. The van der Waals surface area contributed by atoms with E-state index in [0.29, 0.717) is 0 Å². The highest BCUT2D eigenvalue weighted by molar-refractivity contribution is 7.89. The van der Waals surface area contributed by atoms with E-state index in [1.807, 2.05) is 30.3 Å². The summed E-state index contributed by atoms with van der Waals surface area (Å²) in [6.07, 6.45) is -1.68. The number of halogens is 1. The lowest BCUT2D eigenvalue weighted by Crippen LogP contribution is -2.52. The van der Waals surface area contributed by atoms with E-state index in [-0.39, 0.29) is 17.9 Å². The van der Waals surface area contributed by atoms with Gasteiger partial charge in [0.15, 0.2) is 0 Å². The molecule has 0 unspecified atom stereocenters. The average Bonchev–Trinajstić information content (AvgIpc) is 2.70. The predicted molar refractivity (Wildman–Crippen MR) is 125 cm³/mol. The largest absolute Gasteiger partial charge is 0.444 e. The molecule has 0 aliphatic carbocycles. The highest BCUT2D eigenvalue weighted by atomic mass is 32.2. The molecular formula is C24H33FN2O5S. The van der Waals surface area contributed by atoms with Gasteiger partial charge in [-0.1, -0.05) is 30.3 Å². The van der Waals surface area contributed by atoms with Crippen molar-refractivity contribution in [1.29, 1.82) is 0 Å². The minimum atomic E-state index is -4.01. The van der Waals surface area contributed by atoms with Crippen LogP contribution in [-0.2, 0) is 21.2 Å². The smallest absolute Gasteiger partial charge is 0.407 e. The van der Waals surface area contributed by atoms with Gasteiger partial charge in [-0.25, -0.2) is 17.6 Å². The van der Waals surface area contributed by atoms with E-state index in [4.69, 9.17) is 4.74 Å². The third-order valence-electron chi connectivity index (χ3n) is 4.83. The predicted octanol–water partition coefficient (Wildman–Crippen LogP) is 3.72. The van der Waals surface area contributed by atoms with Gasteiger partial charge in [0.05, 0.1) is 17.0 Å². The van der Waals surface area contributed by atoms with Crippen molar-refractivity contribution in [3.63, 3.8) is 0 Å². The molecule has 2 aromatic carbocycles. The van der Waals surface area contributed by atoms with Crippen LogP contribution in [-0.4, -0.2) is 54.3 Å². The van der Waals surface area contributed by atoms with Gasteiger partial charge in [0.1, 0.15) is 11.4 Å². The molecule has 9 heteroatoms. The van der Waals surface area contributed by atoms with E-state index in [1.54, 1.807) is 34.6 Å². The number of aliphatic hydroxyl groups excluding tert-OH is 1. The lowest BCUT2D eigenvalue weighted by molar-refractivity contribution is 0.0396. The number of sulfonamides is 1. The number of nitrogens with zero attached hydrogens (tertiary/aromatic N) is 1. The SMILES string of the molecule is CC(C)N(C[C@@H](O)[C@H](Cc1ccccc1)NC(=O)OC(C)(C)C)S(=O)(=O)c1ccc(F)cc1. The molecule has 0 aromatic heterocycles. The second-order valence-electron chi connectivity index (χ2n) is 9.13. The monoisotopic (exact) mass is 480 g/mol. The van der Waals surface area contributed by atoms with Crippen LogP contribution in [0.5, 0.6) is 0 Å². The number of aliphatic hydroxyl groups is 1. The molecule has 0 heterocycles. The minimum absolute atomic E-state index is 0.0792. The first-order valence-corrected chi connectivity index (χ1v) is 12.2. The minimum Gasteiger partial charge on any atom is -0.444 e. The van der Waals surface area contributed by atoms with Crippen LogP contribution < -0.4 is 5.32 Å². The zero-order valence-corrected chi connectivity index (χ0v) is 20.5. The third-order valence-corrected chi connectivity index (χ3v) is 6.88. The van der Waals surface area contributed by atoms with E-state index in [1.165, 1.54) is 12.1 Å². The van der Waals surface area contributed by atoms with Gasteiger partial charge in [-0.3, -0.25) is 0 Å². The van der Waals surface area contributed by atoms with E-state index in [9.17, 15) is 22.7 Å². The summed E-state index contributed by atoms with van der Waals surface area (Å²) in [6.45, 7) is 8.27. The quantitative estimate of drug-likeness (QED) is 0.570. The standard InChI is InChI=1S/C24H33FN2O5S/c1-17(2)27(33(30,31)20-13-11-19(25)12-14-20)16-22(28)21(15-18-9-7-6-8-10-18)26-23(29)32-24(3,4)5/h6-14,17,21-22,28H,15-16H2,1-5H3,(H,26,29)/t21-,22+/m0/s1. The van der Waals surface area contributed by atoms with Crippen molar-refractivity contribution in [2.45, 2.75) is 69.7 Å². The molecule has 0 aliphatic heterocycles. The number of alkyl carbamates (subject to hydrolysis) is 1. The van der Waals surface area contributed by atoms with E-state index in [2.05, 4.69) is 5.32 Å². The Morgan fingerprint density at radius 2 is 1.67 bits per heavy atom. The molecule has 0 spiro atoms. The van der Waals surface area contributed by atoms with Crippen LogP contribution in [0.25, 0.3) is 0 Å². The normalized spacial score (nSPS) is 14.2. The molecule has 33 heavy (non-hydrogen) atoms. The van der Waals surface area contributed by atoms with Crippen LogP contribution in [0.2, 0.25) is 0 Å². The Hall–Kier alpha value is -2.49. The number of ether oxygens (including phenoxy) is 1. The molecule has 0 saturated carbocycles. The number of amides is 1. The summed E-state index contributed by atoms with van der Waals surface area (Å²) in [5, 5.41) is 13.7. The summed E-state index contributed by atoms with van der Waals surface area (Å²) in [7, 11) is -4.01. The highest BCUT2D eigenvalue weighted by Crippen LogP contribution is 2.20. The van der Waals surface area contributed by atoms with Gasteiger partial charge in [-0.05, 0) is 70.9 Å². The van der Waals surface area contributed by atoms with E-state index in [0.717, 1.165) is 22.0 Å². The summed E-state index contributed by atoms with van der Waals surface area (Å²) in [4.78, 5) is 12.3. The molecule has 1 amide bonds. The van der Waals surface area contributed by atoms with Crippen molar-refractivity contribution in [3.05, 3.63) is 66.0 Å². The van der Waals surface area contributed by atoms with Crippen molar-refractivity contribution in [2.24, 2.45) is 0 Å². The van der Waals surface area contributed by atoms with Gasteiger partial charge in [0.25, 0.3) is 0 Å². The fourth-order valence-electron chi connectivity index (χ4n) is 3.25. The summed E-state index contributed by atoms with van der Waals surface area (Å²) >= 11 is 0. The lowest BCUT2D eigenvalue weighted by atomic mass is 10.0. The summed E-state index contributed by atoms with van der Waals surface area (Å²) in [5.41, 5.74) is 0.123. The first kappa shape index (κ1) is 26.8. The zero-order chi connectivity index (χ0) is 24.8. The summed E-state index contributed by atoms with van der Waals surface area (Å²) in [5.74, 6) is -0.547. The molecule has 0 saturated heterocycles. The number of carbonyl (C=O) groups is 1. The molecule has 0 radical (unpaired) electrons. The molecule has 2 aromatic rings. The number of carbonyl (C=O) groups excluding carboxylic acids is 1. The lowest BCUT2D eigenvalue weighted by Gasteiger charge is -2.32. The molecule has 0 aliphatic rings. The molecule has 2 rings (SSSR count). The van der Waals surface area contributed by atoms with Crippen LogP contribution in [0, 0.1) is 5.82 Å². The molecule has 2 atom stereocenters. The maximum atomic E-state index is 13.3. The number of nitrogens with one attached hydrogen (secondary N) is 1. The molecule has 7 nitrogen and oxygen atoms in total. The average molecular weight is 481 g/mol. The number of hydrogen-bond donors (Lipinski definition) is 2. The Bertz CT molecular complexity index is 1010. The van der Waals surface area contributed by atoms with Crippen molar-refractivity contribution in [1.82, 2.24) is 9.62 Å². The Balaban J connectivity index is 2.29. The molecule has 2 N–H and O–H groups in total. The fraction of sp³-hybridized carbons (Fsp3) is 0.458. The van der Waals surface area contributed by atoms with Crippen LogP contribution in [0.3, 0.4) is 0 Å². The first-order chi connectivity index (χ1) is 15.3. The molecular weight excluding hydrogens is 447 g/mol. The second kappa shape index (κ2) is 11.1. The van der Waals surface area contributed by atoms with Gasteiger partial charge in [0, 0.05) is 12.6 Å². The van der Waals surface area contributed by atoms with Gasteiger partial charge in [0.2, 0.25) is 10.0 Å². The van der Waals surface area contributed by atoms with E-state index < -0.39 is 45.7 Å². The third kappa shape index (κ3) is 8.10. The van der Waals surface area contributed by atoms with Crippen LogP contribution >= 0.6 is 0 Å². The van der Waals surface area contributed by atoms with Crippen molar-refractivity contribution < 1.29 is 27.4 Å². The van der Waals surface area contributed by atoms with E-state index >= 15 is 0 Å². The number of hydrogen-bond acceptors (Lipinski definition) is 5. The van der Waals surface area contributed by atoms with Gasteiger partial charge in [-0.15, -0.1) is 0 Å². The maximum absolute atomic E-state index is 13.3. The number of rotatable bonds is 9. The molecule has 0 bridgehead atoms. The van der Waals surface area contributed by atoms with Crippen molar-refractivity contribution >= 4 is 16.1 Å². The first-order valence-electron chi connectivity index (χ1n) is 10.8. The van der Waals surface area contributed by atoms with Gasteiger partial charge in [-0.2, -0.15) is 4.31 Å². The van der Waals surface area contributed by atoms with Crippen LogP contribution in [0.4, 0.5) is 9.18 Å². The van der Waals surface area contributed by atoms with Crippen molar-refractivity contribution in [3.8, 4) is 0 Å². The Labute approximate surface area is 195 Å². The fourth-order valence-corrected chi connectivity index (χ4v) is 4.91. The van der Waals surface area contributed by atoms with Gasteiger partial charge < -0.3 is 15.2 Å². The number of benzene rings is 2. The summed E-state index contributed by atoms with van der Waals surface area (Å²) < 4.78 is 46.1. The topological polar surface area (TPSA) is 95.9 Å². The van der Waals surface area contributed by atoms with Crippen molar-refractivity contribution in [2.75, 3.05) is 6.54 Å². The van der Waals surface area contributed by atoms with Gasteiger partial charge >= 0.3 is 6.09 Å². The second-order valence-corrected chi connectivity index (χ2v) is 11.0.